The van der Waals surface area contributed by atoms with Crippen LogP contribution in [0.3, 0.4) is 0 Å². The van der Waals surface area contributed by atoms with Crippen molar-refractivity contribution < 1.29 is 38.7 Å². The maximum atomic E-state index is 11.1. The molecule has 0 fully saturated rings. The van der Waals surface area contributed by atoms with E-state index < -0.39 is 24.1 Å². The van der Waals surface area contributed by atoms with Gasteiger partial charge in [-0.15, -0.1) is 23.5 Å². The zero-order valence-corrected chi connectivity index (χ0v) is 40.1. The van der Waals surface area contributed by atoms with Gasteiger partial charge in [-0.25, -0.2) is 0 Å². The SMILES string of the molecule is CCOC(Cc1ccc(OCCn2c(C)ccc2-c2ccc(SC)cc2)cc1)C(=O)[O-].CCOC(Cc1ccc(OCCn2c(C)ccc2-c2ccc(SC)cc2)cc1)C(=O)[O-].[Mg+2]. The number of aromatic nitrogens is 2. The molecule has 13 heteroatoms. The van der Waals surface area contributed by atoms with Crippen LogP contribution in [0.15, 0.2) is 131 Å². The number of carbonyl (C=O) groups is 2. The van der Waals surface area contributed by atoms with Crippen LogP contribution < -0.4 is 19.7 Å². The Bertz CT molecular complexity index is 2130. The van der Waals surface area contributed by atoms with Crippen LogP contribution in [0.25, 0.3) is 22.5 Å². The van der Waals surface area contributed by atoms with Crippen molar-refractivity contribution in [3.63, 3.8) is 0 Å². The van der Waals surface area contributed by atoms with Gasteiger partial charge in [-0.3, -0.25) is 0 Å². The average molecular weight is 901 g/mol. The Hall–Kier alpha value is -4.63. The van der Waals surface area contributed by atoms with E-state index in [1.165, 1.54) is 43.7 Å². The minimum Gasteiger partial charge on any atom is -0.547 e. The zero-order valence-electron chi connectivity index (χ0n) is 37.0. The normalized spacial score (nSPS) is 11.8. The summed E-state index contributed by atoms with van der Waals surface area (Å²) in [5.74, 6) is -0.881. The maximum absolute atomic E-state index is 11.1. The first-order valence-corrected chi connectivity index (χ1v) is 23.2. The molecule has 0 amide bonds. The molecule has 6 aromatic rings. The molecule has 0 bridgehead atoms. The number of aliphatic carboxylic acids is 2. The van der Waals surface area contributed by atoms with E-state index in [2.05, 4.69) is 108 Å². The van der Waals surface area contributed by atoms with Crippen molar-refractivity contribution in [3.8, 4) is 34.0 Å². The van der Waals surface area contributed by atoms with Gasteiger partial charge in [-0.2, -0.15) is 0 Å². The van der Waals surface area contributed by atoms with Crippen molar-refractivity contribution >= 4 is 58.5 Å². The first-order valence-electron chi connectivity index (χ1n) is 20.7. The molecule has 328 valence electrons. The van der Waals surface area contributed by atoms with Gasteiger partial charge < -0.3 is 47.9 Å². The van der Waals surface area contributed by atoms with Crippen LogP contribution in [0.5, 0.6) is 11.5 Å². The summed E-state index contributed by atoms with van der Waals surface area (Å²) in [6.07, 6.45) is 2.84. The Balaban J connectivity index is 0.000000272. The number of ether oxygens (including phenoxy) is 4. The first-order chi connectivity index (χ1) is 30.0. The van der Waals surface area contributed by atoms with E-state index in [-0.39, 0.29) is 35.9 Å². The molecule has 63 heavy (non-hydrogen) atoms. The summed E-state index contributed by atoms with van der Waals surface area (Å²) in [6, 6.07) is 40.6. The van der Waals surface area contributed by atoms with Crippen LogP contribution in [0.1, 0.15) is 36.4 Å². The predicted octanol–water partition coefficient (Wildman–Crippen LogP) is 7.54. The number of aryl methyl sites for hydroxylation is 2. The van der Waals surface area contributed by atoms with E-state index in [1.807, 2.05) is 48.5 Å². The van der Waals surface area contributed by atoms with Gasteiger partial charge in [-0.1, -0.05) is 48.5 Å². The van der Waals surface area contributed by atoms with Crippen LogP contribution in [0.4, 0.5) is 0 Å². The monoisotopic (exact) mass is 900 g/mol. The van der Waals surface area contributed by atoms with E-state index in [4.69, 9.17) is 18.9 Å². The summed E-state index contributed by atoms with van der Waals surface area (Å²) in [5, 5.41) is 22.3. The predicted molar refractivity (Wildman–Crippen MR) is 251 cm³/mol. The molecule has 6 rings (SSSR count). The number of thioether (sulfide) groups is 2. The third kappa shape index (κ3) is 15.3. The van der Waals surface area contributed by atoms with Crippen LogP contribution in [0.2, 0.25) is 0 Å². The van der Waals surface area contributed by atoms with E-state index in [9.17, 15) is 19.8 Å². The summed E-state index contributed by atoms with van der Waals surface area (Å²) in [6.45, 7) is 10.9. The number of rotatable bonds is 22. The molecule has 0 saturated carbocycles. The van der Waals surface area contributed by atoms with Gasteiger partial charge in [0.05, 0.1) is 25.0 Å². The number of carboxylic acids is 2. The molecule has 2 atom stereocenters. The molecule has 0 radical (unpaired) electrons. The Morgan fingerprint density at radius 1 is 0.540 bits per heavy atom. The third-order valence-corrected chi connectivity index (χ3v) is 11.8. The van der Waals surface area contributed by atoms with Crippen molar-refractivity contribution in [1.29, 1.82) is 0 Å². The first kappa shape index (κ1) is 51.0. The second-order valence-corrected chi connectivity index (χ2v) is 16.2. The molecule has 10 nitrogen and oxygen atoms in total. The summed E-state index contributed by atoms with van der Waals surface area (Å²) in [5.41, 5.74) is 8.83. The smallest absolute Gasteiger partial charge is 0.547 e. The van der Waals surface area contributed by atoms with Gasteiger partial charge in [0.25, 0.3) is 0 Å². The Morgan fingerprint density at radius 2 is 0.889 bits per heavy atom. The van der Waals surface area contributed by atoms with Gasteiger partial charge in [0.15, 0.2) is 0 Å². The largest absolute Gasteiger partial charge is 2.00 e. The summed E-state index contributed by atoms with van der Waals surface area (Å²) in [7, 11) is 0. The fourth-order valence-electron chi connectivity index (χ4n) is 6.96. The van der Waals surface area contributed by atoms with Crippen molar-refractivity contribution in [3.05, 3.63) is 144 Å². The van der Waals surface area contributed by atoms with Crippen molar-refractivity contribution in [2.75, 3.05) is 38.9 Å². The van der Waals surface area contributed by atoms with E-state index in [0.717, 1.165) is 35.7 Å². The summed E-state index contributed by atoms with van der Waals surface area (Å²) in [4.78, 5) is 24.8. The second kappa shape index (κ2) is 26.2. The molecule has 0 N–H and O–H groups in total. The number of carboxylic acid groups (broad SMARTS) is 2. The number of benzene rings is 4. The fourth-order valence-corrected chi connectivity index (χ4v) is 7.78. The van der Waals surface area contributed by atoms with Crippen molar-refractivity contribution in [2.24, 2.45) is 0 Å². The molecule has 2 aromatic heterocycles. The Morgan fingerprint density at radius 3 is 1.19 bits per heavy atom. The van der Waals surface area contributed by atoms with Gasteiger partial charge in [-0.05, 0) is 135 Å². The maximum Gasteiger partial charge on any atom is 2.00 e. The average Bonchev–Trinajstić information content (AvgIpc) is 3.85. The molecular weight excluding hydrogens is 845 g/mol. The number of hydrogen-bond donors (Lipinski definition) is 0. The van der Waals surface area contributed by atoms with E-state index in [0.29, 0.717) is 26.4 Å². The van der Waals surface area contributed by atoms with E-state index >= 15 is 0 Å². The minimum absolute atomic E-state index is 0. The summed E-state index contributed by atoms with van der Waals surface area (Å²) < 4.78 is 26.8. The second-order valence-electron chi connectivity index (χ2n) is 14.4. The standard InChI is InChI=1S/2C25H29NO4S.Mg/c2*1-4-29-24(25(27)28)17-19-6-10-21(11-7-19)30-16-15-26-18(2)5-14-23(26)20-8-12-22(31-3)13-9-20;/h2*5-14,24H,4,15-17H2,1-3H3,(H,27,28);/q;;+2/p-2. The number of carbonyl (C=O) groups excluding carboxylic acids is 2. The minimum atomic E-state index is -1.19. The molecule has 0 aliphatic carbocycles. The topological polar surface area (TPSA) is 127 Å². The molecule has 0 aliphatic rings. The molecule has 0 saturated heterocycles. The van der Waals surface area contributed by atoms with Crippen molar-refractivity contribution in [2.45, 2.75) is 75.6 Å². The molecule has 2 unspecified atom stereocenters. The van der Waals surface area contributed by atoms with Gasteiger partial charge in [0.1, 0.15) is 36.9 Å². The van der Waals surface area contributed by atoms with Crippen LogP contribution in [-0.4, -0.2) is 95.3 Å². The Labute approximate surface area is 396 Å². The van der Waals surface area contributed by atoms with Crippen molar-refractivity contribution in [1.82, 2.24) is 9.13 Å². The van der Waals surface area contributed by atoms with Crippen LogP contribution >= 0.6 is 23.5 Å². The summed E-state index contributed by atoms with van der Waals surface area (Å²) >= 11 is 3.47. The van der Waals surface area contributed by atoms with Crippen LogP contribution in [-0.2, 0) is 45.0 Å². The Kier molecular flexibility index (Phi) is 21.2. The molecule has 0 spiro atoms. The van der Waals surface area contributed by atoms with Crippen LogP contribution in [0, 0.1) is 13.8 Å². The molecule has 4 aromatic carbocycles. The third-order valence-electron chi connectivity index (χ3n) is 10.3. The van der Waals surface area contributed by atoms with Gasteiger partial charge >= 0.3 is 23.1 Å². The zero-order chi connectivity index (χ0) is 44.4. The molecular formula is C50H56MgN2O8S2. The molecule has 0 aliphatic heterocycles. The fraction of sp³-hybridized carbons (Fsp3) is 0.320. The van der Waals surface area contributed by atoms with E-state index in [1.54, 1.807) is 37.4 Å². The quantitative estimate of drug-likeness (QED) is 0.0498. The van der Waals surface area contributed by atoms with Gasteiger partial charge in [0, 0.05) is 58.6 Å². The number of hydrogen-bond acceptors (Lipinski definition) is 10. The molecule has 2 heterocycles. The van der Waals surface area contributed by atoms with Gasteiger partial charge in [0.2, 0.25) is 0 Å². The number of nitrogens with zero attached hydrogens (tertiary/aromatic N) is 2.